The molecule has 0 bridgehead atoms. The molecular formula is C9H18Cl2. The Labute approximate surface area is 80.6 Å². The van der Waals surface area contributed by atoms with Gasteiger partial charge in [0.1, 0.15) is 0 Å². The van der Waals surface area contributed by atoms with Gasteiger partial charge in [0.2, 0.25) is 0 Å². The lowest BCUT2D eigenvalue weighted by atomic mass is 10.2. The predicted molar refractivity (Wildman–Crippen MR) is 55.3 cm³/mol. The summed E-state index contributed by atoms with van der Waals surface area (Å²) in [5, 5.41) is 0. The maximum absolute atomic E-state index is 4.87. The molecule has 0 unspecified atom stereocenters. The van der Waals surface area contributed by atoms with Crippen molar-refractivity contribution in [3.8, 4) is 0 Å². The first-order valence-electron chi connectivity index (χ1n) is 4.18. The molecule has 0 radical (unpaired) electrons. The maximum Gasteiger partial charge on any atom is 0.0156 e. The fourth-order valence-electron chi connectivity index (χ4n) is 0.677. The summed E-state index contributed by atoms with van der Waals surface area (Å²) in [4.78, 5) is 0. The lowest BCUT2D eigenvalue weighted by Crippen LogP contribution is -1.70. The summed E-state index contributed by atoms with van der Waals surface area (Å²) in [7, 11) is 0. The molecule has 0 aliphatic rings. The molecule has 0 N–H and O–H groups in total. The van der Waals surface area contributed by atoms with Crippen LogP contribution < -0.4 is 0 Å². The summed E-state index contributed by atoms with van der Waals surface area (Å²) in [6.45, 7) is 4.49. The molecule has 0 aromatic rings. The Bertz CT molecular complexity index is 62.0. The zero-order chi connectivity index (χ0) is 8.95. The minimum atomic E-state index is 1.24. The Balaban J connectivity index is 0. The van der Waals surface area contributed by atoms with E-state index in [9.17, 15) is 0 Å². The average molecular weight is 197 g/mol. The molecule has 0 spiro atoms. The van der Waals surface area contributed by atoms with E-state index in [-0.39, 0.29) is 0 Å². The summed E-state index contributed by atoms with van der Waals surface area (Å²) in [5.74, 6) is 0. The van der Waals surface area contributed by atoms with E-state index in [2.05, 4.69) is 13.8 Å². The lowest BCUT2D eigenvalue weighted by Gasteiger charge is -1.90. The molecular weight excluding hydrogens is 179 g/mol. The second-order valence-electron chi connectivity index (χ2n) is 2.31. The minimum absolute atomic E-state index is 1.24. The van der Waals surface area contributed by atoms with E-state index in [1.54, 1.807) is 0 Å². The molecule has 2 heteroatoms. The molecule has 0 amide bonds. The van der Waals surface area contributed by atoms with E-state index in [1.165, 1.54) is 43.2 Å². The van der Waals surface area contributed by atoms with Gasteiger partial charge in [0, 0.05) is 11.1 Å². The van der Waals surface area contributed by atoms with Gasteiger partial charge in [-0.05, 0) is 0 Å². The van der Waals surface area contributed by atoms with Crippen LogP contribution in [0.2, 0.25) is 0 Å². The van der Waals surface area contributed by atoms with Crippen LogP contribution in [0.15, 0.2) is 11.1 Å². The van der Waals surface area contributed by atoms with Gasteiger partial charge in [0.05, 0.1) is 0 Å². The van der Waals surface area contributed by atoms with Crippen molar-refractivity contribution in [1.29, 1.82) is 0 Å². The summed E-state index contributed by atoms with van der Waals surface area (Å²) in [6, 6.07) is 0. The van der Waals surface area contributed by atoms with Crippen molar-refractivity contribution in [3.63, 3.8) is 0 Å². The first-order valence-corrected chi connectivity index (χ1v) is 5.06. The molecule has 0 rings (SSSR count). The Morgan fingerprint density at radius 1 is 0.818 bits per heavy atom. The van der Waals surface area contributed by atoms with Gasteiger partial charge in [-0.25, -0.2) is 0 Å². The highest BCUT2D eigenvalue weighted by Crippen LogP contribution is 2.00. The Morgan fingerprint density at radius 3 is 1.36 bits per heavy atom. The zero-order valence-corrected chi connectivity index (χ0v) is 8.96. The molecule has 0 fully saturated rings. The first-order chi connectivity index (χ1) is 5.33. The molecule has 0 nitrogen and oxygen atoms in total. The van der Waals surface area contributed by atoms with Crippen molar-refractivity contribution in [2.24, 2.45) is 0 Å². The molecule has 11 heavy (non-hydrogen) atoms. The number of hydrogen-bond acceptors (Lipinski definition) is 0. The lowest BCUT2D eigenvalue weighted by molar-refractivity contribution is 0.656. The van der Waals surface area contributed by atoms with Gasteiger partial charge < -0.3 is 0 Å². The monoisotopic (exact) mass is 196 g/mol. The fraction of sp³-hybridized carbons (Fsp3) is 0.778. The SMILES string of the molecule is CCCCCCC.ClC=CCl. The van der Waals surface area contributed by atoms with Gasteiger partial charge in [-0.2, -0.15) is 0 Å². The molecule has 0 atom stereocenters. The maximum atomic E-state index is 4.87. The second-order valence-corrected chi connectivity index (χ2v) is 2.82. The molecule has 0 heterocycles. The number of unbranched alkanes of at least 4 members (excludes halogenated alkanes) is 4. The number of halogens is 2. The van der Waals surface area contributed by atoms with Gasteiger partial charge in [-0.3, -0.25) is 0 Å². The quantitative estimate of drug-likeness (QED) is 0.561. The van der Waals surface area contributed by atoms with Crippen LogP contribution in [-0.4, -0.2) is 0 Å². The van der Waals surface area contributed by atoms with E-state index in [4.69, 9.17) is 23.2 Å². The third kappa shape index (κ3) is 25.2. The smallest absolute Gasteiger partial charge is 0.0156 e. The van der Waals surface area contributed by atoms with Gasteiger partial charge in [0.15, 0.2) is 0 Å². The van der Waals surface area contributed by atoms with Crippen LogP contribution in [0, 0.1) is 0 Å². The van der Waals surface area contributed by atoms with Crippen LogP contribution in [0.25, 0.3) is 0 Å². The molecule has 68 valence electrons. The zero-order valence-electron chi connectivity index (χ0n) is 7.45. The van der Waals surface area contributed by atoms with Crippen molar-refractivity contribution in [3.05, 3.63) is 11.1 Å². The highest BCUT2D eigenvalue weighted by molar-refractivity contribution is 6.33. The van der Waals surface area contributed by atoms with Crippen molar-refractivity contribution < 1.29 is 0 Å². The number of rotatable bonds is 4. The van der Waals surface area contributed by atoms with E-state index >= 15 is 0 Å². The highest BCUT2D eigenvalue weighted by Gasteiger charge is 1.80. The Hall–Kier alpha value is 0.320. The van der Waals surface area contributed by atoms with E-state index in [0.717, 1.165) is 0 Å². The summed E-state index contributed by atoms with van der Waals surface area (Å²) >= 11 is 9.75. The van der Waals surface area contributed by atoms with Crippen LogP contribution >= 0.6 is 23.2 Å². The van der Waals surface area contributed by atoms with Crippen LogP contribution in [0.5, 0.6) is 0 Å². The van der Waals surface area contributed by atoms with Crippen molar-refractivity contribution in [2.75, 3.05) is 0 Å². The van der Waals surface area contributed by atoms with E-state index < -0.39 is 0 Å². The third-order valence-electron chi connectivity index (χ3n) is 1.25. The molecule has 0 aromatic heterocycles. The van der Waals surface area contributed by atoms with E-state index in [0.29, 0.717) is 0 Å². The van der Waals surface area contributed by atoms with E-state index in [1.807, 2.05) is 0 Å². The van der Waals surface area contributed by atoms with Gasteiger partial charge in [-0.15, -0.1) is 0 Å². The summed E-state index contributed by atoms with van der Waals surface area (Å²) in [6.07, 6.45) is 7.01. The number of hydrogen-bond donors (Lipinski definition) is 0. The van der Waals surface area contributed by atoms with Crippen LogP contribution in [0.4, 0.5) is 0 Å². The Morgan fingerprint density at radius 2 is 1.18 bits per heavy atom. The topological polar surface area (TPSA) is 0 Å². The van der Waals surface area contributed by atoms with Crippen molar-refractivity contribution >= 4 is 23.2 Å². The molecule has 0 saturated carbocycles. The third-order valence-corrected chi connectivity index (χ3v) is 1.64. The largest absolute Gasteiger partial charge is 0.0920 e. The fourth-order valence-corrected chi connectivity index (χ4v) is 0.677. The van der Waals surface area contributed by atoms with Gasteiger partial charge >= 0.3 is 0 Å². The van der Waals surface area contributed by atoms with Crippen LogP contribution in [0.1, 0.15) is 46.0 Å². The van der Waals surface area contributed by atoms with Crippen molar-refractivity contribution in [2.45, 2.75) is 46.0 Å². The predicted octanol–water partition coefficient (Wildman–Crippen LogP) is 4.91. The first kappa shape index (κ1) is 13.9. The average Bonchev–Trinajstić information content (AvgIpc) is 2.06. The summed E-state index contributed by atoms with van der Waals surface area (Å²) in [5.41, 5.74) is 2.48. The molecule has 0 aliphatic heterocycles. The highest BCUT2D eigenvalue weighted by atomic mass is 35.5. The molecule has 0 aliphatic carbocycles. The van der Waals surface area contributed by atoms with Gasteiger partial charge in [0.25, 0.3) is 0 Å². The minimum Gasteiger partial charge on any atom is -0.0920 e. The van der Waals surface area contributed by atoms with Crippen molar-refractivity contribution in [1.82, 2.24) is 0 Å². The Kier molecular flexibility index (Phi) is 21.1. The summed E-state index contributed by atoms with van der Waals surface area (Å²) < 4.78 is 0. The normalized spacial score (nSPS) is 9.45. The molecule has 0 aromatic carbocycles. The second kappa shape index (κ2) is 16.7. The van der Waals surface area contributed by atoms with Gasteiger partial charge in [-0.1, -0.05) is 69.2 Å². The van der Waals surface area contributed by atoms with Crippen LogP contribution in [-0.2, 0) is 0 Å². The standard InChI is InChI=1S/C7H16.C2H2Cl2/c1-3-5-7-6-4-2;3-1-2-4/h3-7H2,1-2H3;1-2H. The van der Waals surface area contributed by atoms with Crippen LogP contribution in [0.3, 0.4) is 0 Å². The molecule has 0 saturated heterocycles.